The largest absolute Gasteiger partial charge is 0.400 e. The molecule has 132 valence electrons. The molecule has 3 rings (SSSR count). The van der Waals surface area contributed by atoms with Crippen molar-refractivity contribution in [1.29, 1.82) is 0 Å². The molecule has 0 amide bonds. The van der Waals surface area contributed by atoms with E-state index in [9.17, 15) is 0 Å². The van der Waals surface area contributed by atoms with Crippen LogP contribution in [0.25, 0.3) is 0 Å². The molecule has 0 aliphatic heterocycles. The molecule has 0 heterocycles. The highest BCUT2D eigenvalue weighted by molar-refractivity contribution is 6.42. The highest BCUT2D eigenvalue weighted by atomic mass is 35.5. The Morgan fingerprint density at radius 1 is 1.04 bits per heavy atom. The molecule has 3 N–H and O–H groups in total. The summed E-state index contributed by atoms with van der Waals surface area (Å²) in [5.74, 6) is 0. The van der Waals surface area contributed by atoms with Gasteiger partial charge in [0.2, 0.25) is 0 Å². The maximum Gasteiger partial charge on any atom is 0.0912 e. The summed E-state index contributed by atoms with van der Waals surface area (Å²) >= 11 is 12.2. The van der Waals surface area contributed by atoms with Crippen molar-refractivity contribution in [1.82, 2.24) is 0 Å². The van der Waals surface area contributed by atoms with E-state index in [0.717, 1.165) is 23.4 Å². The Bertz CT molecular complexity index is 880. The monoisotopic (exact) mass is 382 g/mol. The maximum atomic E-state index is 6.44. The van der Waals surface area contributed by atoms with Crippen LogP contribution in [0.1, 0.15) is 18.0 Å². The van der Waals surface area contributed by atoms with Crippen LogP contribution in [0.15, 0.2) is 96.3 Å². The normalized spacial score (nSPS) is 16.7. The van der Waals surface area contributed by atoms with Gasteiger partial charge in [0.15, 0.2) is 0 Å². The van der Waals surface area contributed by atoms with Crippen molar-refractivity contribution in [3.05, 3.63) is 112 Å². The highest BCUT2D eigenvalue weighted by Crippen LogP contribution is 2.29. The molecule has 0 fully saturated rings. The zero-order valence-corrected chi connectivity index (χ0v) is 15.7. The van der Waals surface area contributed by atoms with Crippen LogP contribution in [0.4, 0.5) is 5.69 Å². The fraction of sp³-hybridized carbons (Fsp3) is 0.0909. The van der Waals surface area contributed by atoms with E-state index in [1.165, 1.54) is 5.57 Å². The van der Waals surface area contributed by atoms with Gasteiger partial charge in [0, 0.05) is 11.4 Å². The number of halogens is 2. The van der Waals surface area contributed by atoms with E-state index in [-0.39, 0.29) is 6.04 Å². The van der Waals surface area contributed by atoms with Crippen LogP contribution >= 0.6 is 23.2 Å². The summed E-state index contributed by atoms with van der Waals surface area (Å²) in [7, 11) is 0. The topological polar surface area (TPSA) is 38.0 Å². The second-order valence-corrected chi connectivity index (χ2v) is 6.83. The van der Waals surface area contributed by atoms with E-state index in [1.807, 2.05) is 54.6 Å². The zero-order chi connectivity index (χ0) is 18.4. The lowest BCUT2D eigenvalue weighted by Gasteiger charge is -2.21. The number of nitrogens with one attached hydrogen (secondary N) is 1. The first-order valence-electron chi connectivity index (χ1n) is 8.39. The average Bonchev–Trinajstić information content (AvgIpc) is 2.68. The first-order chi connectivity index (χ1) is 12.6. The van der Waals surface area contributed by atoms with Crippen molar-refractivity contribution in [2.75, 3.05) is 5.32 Å². The summed E-state index contributed by atoms with van der Waals surface area (Å²) in [6.07, 6.45) is 13.2. The molecule has 0 saturated carbocycles. The molecule has 2 aromatic carbocycles. The Kier molecular flexibility index (Phi) is 6.21. The van der Waals surface area contributed by atoms with Crippen LogP contribution in [0, 0.1) is 0 Å². The number of benzene rings is 2. The third kappa shape index (κ3) is 4.81. The lowest BCUT2D eigenvalue weighted by Crippen LogP contribution is -2.18. The Balaban J connectivity index is 1.89. The molecule has 1 atom stereocenters. The molecule has 0 radical (unpaired) electrons. The number of allylic oxidation sites excluding steroid dienone is 7. The van der Waals surface area contributed by atoms with Crippen LogP contribution in [0.3, 0.4) is 0 Å². The zero-order valence-electron chi connectivity index (χ0n) is 14.2. The van der Waals surface area contributed by atoms with Crippen molar-refractivity contribution in [2.45, 2.75) is 12.5 Å². The van der Waals surface area contributed by atoms with Gasteiger partial charge in [-0.25, -0.2) is 0 Å². The molecule has 2 aromatic rings. The third-order valence-corrected chi connectivity index (χ3v) is 4.84. The number of hydrogen-bond donors (Lipinski definition) is 2. The van der Waals surface area contributed by atoms with E-state index in [0.29, 0.717) is 10.0 Å². The summed E-state index contributed by atoms with van der Waals surface area (Å²) < 4.78 is 0. The fourth-order valence-corrected chi connectivity index (χ4v) is 3.01. The minimum absolute atomic E-state index is 0.173. The van der Waals surface area contributed by atoms with Gasteiger partial charge < -0.3 is 11.1 Å². The lowest BCUT2D eigenvalue weighted by molar-refractivity contribution is 0.894. The molecule has 0 spiro atoms. The third-order valence-electron chi connectivity index (χ3n) is 4.10. The van der Waals surface area contributed by atoms with Gasteiger partial charge in [0.05, 0.1) is 16.1 Å². The van der Waals surface area contributed by atoms with E-state index in [2.05, 4.69) is 23.5 Å². The molecule has 0 saturated heterocycles. The molecular formula is C22H20Cl2N2. The Morgan fingerprint density at radius 2 is 1.85 bits per heavy atom. The number of anilines is 1. The van der Waals surface area contributed by atoms with Crippen molar-refractivity contribution < 1.29 is 0 Å². The minimum Gasteiger partial charge on any atom is -0.400 e. The van der Waals surface area contributed by atoms with Gasteiger partial charge in [-0.1, -0.05) is 83.9 Å². The van der Waals surface area contributed by atoms with Crippen molar-refractivity contribution >= 4 is 28.9 Å². The van der Waals surface area contributed by atoms with Crippen LogP contribution in [-0.2, 0) is 0 Å². The van der Waals surface area contributed by atoms with Crippen molar-refractivity contribution in [3.63, 3.8) is 0 Å². The maximum absolute atomic E-state index is 6.44. The number of nitrogens with two attached hydrogens (primary N) is 1. The molecule has 1 aliphatic carbocycles. The van der Waals surface area contributed by atoms with Gasteiger partial charge in [0.25, 0.3) is 0 Å². The number of hydrogen-bond acceptors (Lipinski definition) is 2. The van der Waals surface area contributed by atoms with Gasteiger partial charge in [0.1, 0.15) is 0 Å². The predicted octanol–water partition coefficient (Wildman–Crippen LogP) is 6.43. The minimum atomic E-state index is -0.173. The molecule has 1 unspecified atom stereocenters. The number of rotatable bonds is 5. The van der Waals surface area contributed by atoms with E-state index in [1.54, 1.807) is 12.1 Å². The highest BCUT2D eigenvalue weighted by Gasteiger charge is 2.14. The molecule has 4 heteroatoms. The van der Waals surface area contributed by atoms with Crippen LogP contribution in [0.2, 0.25) is 10.0 Å². The molecule has 1 aliphatic rings. The van der Waals surface area contributed by atoms with E-state index >= 15 is 0 Å². The van der Waals surface area contributed by atoms with Gasteiger partial charge in [-0.2, -0.15) is 0 Å². The SMILES string of the molecule is N/C(=C\C=C1\C=CC=CC1)C(Nc1ccc(Cl)c(Cl)c1)c1ccccc1. The summed E-state index contributed by atoms with van der Waals surface area (Å²) in [4.78, 5) is 0. The Labute approximate surface area is 164 Å². The second kappa shape index (κ2) is 8.79. The molecule has 0 bridgehead atoms. The van der Waals surface area contributed by atoms with Gasteiger partial charge in [-0.15, -0.1) is 0 Å². The van der Waals surface area contributed by atoms with Gasteiger partial charge in [-0.05, 0) is 41.8 Å². The molecule has 2 nitrogen and oxygen atoms in total. The summed E-state index contributed by atoms with van der Waals surface area (Å²) in [6.45, 7) is 0. The smallest absolute Gasteiger partial charge is 0.0912 e. The fourth-order valence-electron chi connectivity index (χ4n) is 2.71. The average molecular weight is 383 g/mol. The first kappa shape index (κ1) is 18.4. The first-order valence-corrected chi connectivity index (χ1v) is 9.15. The van der Waals surface area contributed by atoms with Crippen LogP contribution < -0.4 is 11.1 Å². The Hall–Kier alpha value is -2.42. The Morgan fingerprint density at radius 3 is 2.54 bits per heavy atom. The summed E-state index contributed by atoms with van der Waals surface area (Å²) in [6, 6.07) is 15.4. The van der Waals surface area contributed by atoms with Gasteiger partial charge >= 0.3 is 0 Å². The van der Waals surface area contributed by atoms with Crippen molar-refractivity contribution in [3.8, 4) is 0 Å². The van der Waals surface area contributed by atoms with Gasteiger partial charge in [-0.3, -0.25) is 0 Å². The molecule has 0 aromatic heterocycles. The van der Waals surface area contributed by atoms with Crippen molar-refractivity contribution in [2.24, 2.45) is 5.73 Å². The van der Waals surface area contributed by atoms with Crippen LogP contribution in [-0.4, -0.2) is 0 Å². The quantitative estimate of drug-likeness (QED) is 0.624. The lowest BCUT2D eigenvalue weighted by atomic mass is 10.0. The molecule has 26 heavy (non-hydrogen) atoms. The standard InChI is InChI=1S/C22H20Cl2N2/c23-19-13-12-18(15-20(19)24)26-22(17-9-5-2-6-10-17)21(25)14-11-16-7-3-1-4-8-16/h1-7,9-15,22,26H,8,25H2/b16-11-,21-14-. The van der Waals surface area contributed by atoms with E-state index in [4.69, 9.17) is 28.9 Å². The summed E-state index contributed by atoms with van der Waals surface area (Å²) in [5.41, 5.74) is 10.3. The molecular weight excluding hydrogens is 363 g/mol. The second-order valence-electron chi connectivity index (χ2n) is 6.02. The summed E-state index contributed by atoms with van der Waals surface area (Å²) in [5, 5.41) is 4.49. The predicted molar refractivity (Wildman–Crippen MR) is 113 cm³/mol. The van der Waals surface area contributed by atoms with Crippen LogP contribution in [0.5, 0.6) is 0 Å². The van der Waals surface area contributed by atoms with E-state index < -0.39 is 0 Å².